The second kappa shape index (κ2) is 6.15. The molecule has 0 spiro atoms. The highest BCUT2D eigenvalue weighted by Crippen LogP contribution is 2.33. The predicted octanol–water partition coefficient (Wildman–Crippen LogP) is 4.72. The summed E-state index contributed by atoms with van der Waals surface area (Å²) in [5, 5.41) is 5.10. The Morgan fingerprint density at radius 2 is 2.22 bits per heavy atom. The Labute approximate surface area is 125 Å². The molecule has 1 N–H and O–H groups in total. The topological polar surface area (TPSA) is 24.9 Å². The summed E-state index contributed by atoms with van der Waals surface area (Å²) in [5.41, 5.74) is 1.04. The first-order valence-electron chi connectivity index (χ1n) is 5.70. The van der Waals surface area contributed by atoms with E-state index in [0.29, 0.717) is 6.04 Å². The zero-order chi connectivity index (χ0) is 13.1. The molecule has 0 fully saturated rings. The van der Waals surface area contributed by atoms with Gasteiger partial charge in [0, 0.05) is 38.7 Å². The van der Waals surface area contributed by atoms with E-state index >= 15 is 0 Å². The van der Waals surface area contributed by atoms with Crippen LogP contribution < -0.4 is 5.32 Å². The van der Waals surface area contributed by atoms with Gasteiger partial charge in [-0.05, 0) is 18.2 Å². The number of thiazole rings is 1. The predicted molar refractivity (Wildman–Crippen MR) is 82.2 cm³/mol. The molecule has 0 saturated carbocycles. The fourth-order valence-corrected chi connectivity index (χ4v) is 3.11. The molecular weight excluding hydrogens is 332 g/mol. The molecule has 1 aromatic heterocycles. The summed E-state index contributed by atoms with van der Waals surface area (Å²) in [6, 6.07) is 6.23. The van der Waals surface area contributed by atoms with E-state index in [-0.39, 0.29) is 0 Å². The molecule has 1 aromatic carbocycles. The van der Waals surface area contributed by atoms with E-state index < -0.39 is 0 Å². The lowest BCUT2D eigenvalue weighted by Crippen LogP contribution is -2.21. The second-order valence-corrected chi connectivity index (χ2v) is 6.70. The average molecular weight is 346 g/mol. The Balaban J connectivity index is 2.21. The summed E-state index contributed by atoms with van der Waals surface area (Å²) in [6.45, 7) is 5.12. The van der Waals surface area contributed by atoms with Gasteiger partial charge in [-0.15, -0.1) is 11.3 Å². The lowest BCUT2D eigenvalue weighted by Gasteiger charge is -2.05. The first-order chi connectivity index (χ1) is 8.56. The van der Waals surface area contributed by atoms with Crippen molar-refractivity contribution in [2.24, 2.45) is 0 Å². The Morgan fingerprint density at radius 3 is 2.94 bits per heavy atom. The van der Waals surface area contributed by atoms with Gasteiger partial charge in [-0.3, -0.25) is 0 Å². The minimum Gasteiger partial charge on any atom is -0.310 e. The lowest BCUT2D eigenvalue weighted by molar-refractivity contribution is 0.593. The molecule has 0 aliphatic rings. The van der Waals surface area contributed by atoms with E-state index in [4.69, 9.17) is 11.6 Å². The highest BCUT2D eigenvalue weighted by atomic mass is 79.9. The van der Waals surface area contributed by atoms with Gasteiger partial charge in [-0.2, -0.15) is 0 Å². The summed E-state index contributed by atoms with van der Waals surface area (Å²) in [6.07, 6.45) is 1.92. The van der Waals surface area contributed by atoms with E-state index in [1.165, 1.54) is 4.88 Å². The molecule has 0 aliphatic heterocycles. The van der Waals surface area contributed by atoms with Gasteiger partial charge in [-0.1, -0.05) is 41.4 Å². The van der Waals surface area contributed by atoms with Crippen LogP contribution in [0, 0.1) is 0 Å². The number of nitrogens with zero attached hydrogens (tertiary/aromatic N) is 1. The van der Waals surface area contributed by atoms with Crippen LogP contribution in [-0.2, 0) is 6.54 Å². The van der Waals surface area contributed by atoms with Crippen LogP contribution in [0.3, 0.4) is 0 Å². The van der Waals surface area contributed by atoms with Crippen molar-refractivity contribution < 1.29 is 0 Å². The van der Waals surface area contributed by atoms with Crippen LogP contribution in [0.2, 0.25) is 5.02 Å². The van der Waals surface area contributed by atoms with Gasteiger partial charge < -0.3 is 5.32 Å². The third kappa shape index (κ3) is 3.54. The summed E-state index contributed by atoms with van der Waals surface area (Å²) >= 11 is 11.2. The number of halogens is 2. The molecule has 96 valence electrons. The molecule has 18 heavy (non-hydrogen) atoms. The van der Waals surface area contributed by atoms with Gasteiger partial charge in [0.05, 0.1) is 0 Å². The van der Waals surface area contributed by atoms with E-state index in [1.807, 2.05) is 24.4 Å². The molecule has 2 nitrogen and oxygen atoms in total. The third-order valence-electron chi connectivity index (χ3n) is 2.40. The van der Waals surface area contributed by atoms with E-state index in [0.717, 1.165) is 26.6 Å². The van der Waals surface area contributed by atoms with Crippen LogP contribution in [0.1, 0.15) is 18.7 Å². The maximum absolute atomic E-state index is 6.02. The number of nitrogens with one attached hydrogen (secondary N) is 1. The van der Waals surface area contributed by atoms with Gasteiger partial charge in [0.1, 0.15) is 5.01 Å². The SMILES string of the molecule is CC(C)NCc1cnc(-c2cc(Cl)ccc2Br)s1. The Bertz CT molecular complexity index is 540. The Hall–Kier alpha value is -0.420. The molecule has 0 atom stereocenters. The van der Waals surface area contributed by atoms with Crippen LogP contribution in [-0.4, -0.2) is 11.0 Å². The van der Waals surface area contributed by atoms with Crippen molar-refractivity contribution in [3.8, 4) is 10.6 Å². The van der Waals surface area contributed by atoms with Crippen LogP contribution >= 0.6 is 38.9 Å². The van der Waals surface area contributed by atoms with Crippen LogP contribution in [0.25, 0.3) is 10.6 Å². The highest BCUT2D eigenvalue weighted by molar-refractivity contribution is 9.10. The maximum Gasteiger partial charge on any atom is 0.124 e. The third-order valence-corrected chi connectivity index (χ3v) is 4.35. The van der Waals surface area contributed by atoms with Gasteiger partial charge in [0.2, 0.25) is 0 Å². The number of hydrogen-bond donors (Lipinski definition) is 1. The van der Waals surface area contributed by atoms with Gasteiger partial charge in [-0.25, -0.2) is 4.98 Å². The van der Waals surface area contributed by atoms with Crippen molar-refractivity contribution in [1.29, 1.82) is 0 Å². The lowest BCUT2D eigenvalue weighted by atomic mass is 10.2. The molecule has 0 saturated heterocycles. The summed E-state index contributed by atoms with van der Waals surface area (Å²) in [4.78, 5) is 5.68. The molecule has 2 rings (SSSR count). The Kier molecular flexibility index (Phi) is 4.78. The number of aromatic nitrogens is 1. The number of benzene rings is 1. The van der Waals surface area contributed by atoms with Crippen LogP contribution in [0.5, 0.6) is 0 Å². The van der Waals surface area contributed by atoms with Gasteiger partial charge in [0.15, 0.2) is 0 Å². The molecular formula is C13H14BrClN2S. The monoisotopic (exact) mass is 344 g/mol. The van der Waals surface area contributed by atoms with Gasteiger partial charge >= 0.3 is 0 Å². The molecule has 0 unspecified atom stereocenters. The van der Waals surface area contributed by atoms with Crippen molar-refractivity contribution in [1.82, 2.24) is 10.3 Å². The normalized spacial score (nSPS) is 11.2. The first-order valence-corrected chi connectivity index (χ1v) is 7.68. The largest absolute Gasteiger partial charge is 0.310 e. The zero-order valence-corrected chi connectivity index (χ0v) is 13.4. The standard InChI is InChI=1S/C13H14BrClN2S/c1-8(2)16-6-10-7-17-13(18-10)11-5-9(15)3-4-12(11)14/h3-5,7-8,16H,6H2,1-2H3. The quantitative estimate of drug-likeness (QED) is 0.867. The fraction of sp³-hybridized carbons (Fsp3) is 0.308. The van der Waals surface area contributed by atoms with Crippen LogP contribution in [0.15, 0.2) is 28.9 Å². The Morgan fingerprint density at radius 1 is 1.44 bits per heavy atom. The minimum atomic E-state index is 0.480. The van der Waals surface area contributed by atoms with Gasteiger partial charge in [0.25, 0.3) is 0 Å². The number of hydrogen-bond acceptors (Lipinski definition) is 3. The minimum absolute atomic E-state index is 0.480. The summed E-state index contributed by atoms with van der Waals surface area (Å²) < 4.78 is 1.02. The maximum atomic E-state index is 6.02. The van der Waals surface area contributed by atoms with Crippen molar-refractivity contribution >= 4 is 38.9 Å². The fourth-order valence-electron chi connectivity index (χ4n) is 1.48. The molecule has 0 aliphatic carbocycles. The van der Waals surface area contributed by atoms with Crippen molar-refractivity contribution in [3.63, 3.8) is 0 Å². The molecule has 1 heterocycles. The molecule has 5 heteroatoms. The van der Waals surface area contributed by atoms with E-state index in [2.05, 4.69) is 40.1 Å². The van der Waals surface area contributed by atoms with Crippen molar-refractivity contribution in [2.75, 3.05) is 0 Å². The van der Waals surface area contributed by atoms with Crippen molar-refractivity contribution in [3.05, 3.63) is 38.8 Å². The number of rotatable bonds is 4. The molecule has 0 amide bonds. The highest BCUT2D eigenvalue weighted by Gasteiger charge is 2.09. The summed E-state index contributed by atoms with van der Waals surface area (Å²) in [5.74, 6) is 0. The van der Waals surface area contributed by atoms with E-state index in [1.54, 1.807) is 11.3 Å². The van der Waals surface area contributed by atoms with Crippen molar-refractivity contribution in [2.45, 2.75) is 26.4 Å². The zero-order valence-electron chi connectivity index (χ0n) is 10.2. The molecule has 2 aromatic rings. The second-order valence-electron chi connectivity index (χ2n) is 4.29. The molecule has 0 bridgehead atoms. The van der Waals surface area contributed by atoms with E-state index in [9.17, 15) is 0 Å². The average Bonchev–Trinajstić information content (AvgIpc) is 2.78. The van der Waals surface area contributed by atoms with Crippen LogP contribution in [0.4, 0.5) is 0 Å². The smallest absolute Gasteiger partial charge is 0.124 e. The molecule has 0 radical (unpaired) electrons. The summed E-state index contributed by atoms with van der Waals surface area (Å²) in [7, 11) is 0. The first kappa shape index (κ1) is 14.0.